The second-order valence-electron chi connectivity index (χ2n) is 3.19. The van der Waals surface area contributed by atoms with Crippen molar-refractivity contribution in [2.45, 2.75) is 6.54 Å². The first kappa shape index (κ1) is 10.5. The highest BCUT2D eigenvalue weighted by Crippen LogP contribution is 2.17. The summed E-state index contributed by atoms with van der Waals surface area (Å²) in [5.41, 5.74) is 6.69. The van der Waals surface area contributed by atoms with Gasteiger partial charge in [0, 0.05) is 10.7 Å². The van der Waals surface area contributed by atoms with Crippen LogP contribution >= 0.6 is 27.5 Å². The van der Waals surface area contributed by atoms with Gasteiger partial charge in [-0.2, -0.15) is 5.10 Å². The van der Waals surface area contributed by atoms with E-state index in [2.05, 4.69) is 21.0 Å². The van der Waals surface area contributed by atoms with E-state index in [-0.39, 0.29) is 0 Å². The van der Waals surface area contributed by atoms with Crippen LogP contribution in [0.4, 0.5) is 5.82 Å². The van der Waals surface area contributed by atoms with Crippen molar-refractivity contribution < 1.29 is 0 Å². The fraction of sp³-hybridized carbons (Fsp3) is 0.100. The van der Waals surface area contributed by atoms with Gasteiger partial charge in [0.25, 0.3) is 0 Å². The van der Waals surface area contributed by atoms with E-state index in [0.717, 1.165) is 10.0 Å². The lowest BCUT2D eigenvalue weighted by molar-refractivity contribution is 0.690. The molecule has 0 spiro atoms. The molecule has 15 heavy (non-hydrogen) atoms. The first-order valence-corrected chi connectivity index (χ1v) is 5.55. The highest BCUT2D eigenvalue weighted by Gasteiger charge is 2.03. The Kier molecular flexibility index (Phi) is 2.98. The molecule has 0 aliphatic carbocycles. The van der Waals surface area contributed by atoms with Gasteiger partial charge in [-0.1, -0.05) is 39.7 Å². The van der Waals surface area contributed by atoms with Crippen molar-refractivity contribution in [1.29, 1.82) is 0 Å². The van der Waals surface area contributed by atoms with Crippen LogP contribution < -0.4 is 5.73 Å². The van der Waals surface area contributed by atoms with Crippen LogP contribution in [-0.4, -0.2) is 9.78 Å². The van der Waals surface area contributed by atoms with E-state index < -0.39 is 0 Å². The monoisotopic (exact) mass is 285 g/mol. The van der Waals surface area contributed by atoms with Crippen LogP contribution in [0.15, 0.2) is 34.9 Å². The van der Waals surface area contributed by atoms with Crippen LogP contribution in [0.2, 0.25) is 5.02 Å². The van der Waals surface area contributed by atoms with Gasteiger partial charge in [0.05, 0.1) is 6.54 Å². The maximum atomic E-state index is 5.81. The van der Waals surface area contributed by atoms with E-state index in [1.807, 2.05) is 24.3 Å². The summed E-state index contributed by atoms with van der Waals surface area (Å²) in [4.78, 5) is 0. The summed E-state index contributed by atoms with van der Waals surface area (Å²) in [6, 6.07) is 8.02. The third kappa shape index (κ3) is 2.52. The molecule has 0 fully saturated rings. The first-order valence-electron chi connectivity index (χ1n) is 4.38. The molecule has 1 heterocycles. The molecule has 1 aromatic heterocycles. The largest absolute Gasteiger partial charge is 0.381 e. The summed E-state index contributed by atoms with van der Waals surface area (Å²) in [5, 5.41) is 4.57. The standard InChI is InChI=1S/C10H9BrClN3/c11-8-3-1-2-7(4-8)5-15-6-9(12)10(13)14-15/h1-4,6H,5H2,(H2,13,14). The van der Waals surface area contributed by atoms with Crippen molar-refractivity contribution in [2.24, 2.45) is 0 Å². The highest BCUT2D eigenvalue weighted by atomic mass is 79.9. The van der Waals surface area contributed by atoms with Crippen molar-refractivity contribution in [3.05, 3.63) is 45.5 Å². The van der Waals surface area contributed by atoms with Gasteiger partial charge in [0.1, 0.15) is 5.02 Å². The van der Waals surface area contributed by atoms with E-state index in [1.165, 1.54) is 0 Å². The summed E-state index contributed by atoms with van der Waals surface area (Å²) in [6.45, 7) is 0.663. The van der Waals surface area contributed by atoms with E-state index in [1.54, 1.807) is 10.9 Å². The minimum atomic E-state index is 0.367. The van der Waals surface area contributed by atoms with Crippen molar-refractivity contribution in [2.75, 3.05) is 5.73 Å². The Balaban J connectivity index is 2.22. The number of nitrogen functional groups attached to an aromatic ring is 1. The molecule has 78 valence electrons. The van der Waals surface area contributed by atoms with Gasteiger partial charge in [-0.3, -0.25) is 4.68 Å². The van der Waals surface area contributed by atoms with Crippen LogP contribution in [0.5, 0.6) is 0 Å². The average Bonchev–Trinajstić information content (AvgIpc) is 2.45. The van der Waals surface area contributed by atoms with Gasteiger partial charge < -0.3 is 5.73 Å². The number of hydrogen-bond donors (Lipinski definition) is 1. The number of hydrogen-bond acceptors (Lipinski definition) is 2. The quantitative estimate of drug-likeness (QED) is 0.922. The lowest BCUT2D eigenvalue weighted by Crippen LogP contribution is -2.00. The Hall–Kier alpha value is -1.000. The Morgan fingerprint density at radius 2 is 2.27 bits per heavy atom. The molecule has 1 aromatic carbocycles. The fourth-order valence-corrected chi connectivity index (χ4v) is 1.91. The number of benzene rings is 1. The third-order valence-corrected chi connectivity index (χ3v) is 2.76. The molecule has 2 rings (SSSR count). The maximum Gasteiger partial charge on any atom is 0.164 e. The summed E-state index contributed by atoms with van der Waals surface area (Å²) < 4.78 is 2.77. The highest BCUT2D eigenvalue weighted by molar-refractivity contribution is 9.10. The number of rotatable bonds is 2. The van der Waals surface area contributed by atoms with Crippen LogP contribution in [0.3, 0.4) is 0 Å². The Bertz CT molecular complexity index is 462. The number of aromatic nitrogens is 2. The van der Waals surface area contributed by atoms with Crippen LogP contribution in [0, 0.1) is 0 Å². The van der Waals surface area contributed by atoms with Gasteiger partial charge >= 0.3 is 0 Å². The molecule has 2 aromatic rings. The lowest BCUT2D eigenvalue weighted by Gasteiger charge is -2.01. The summed E-state index contributed by atoms with van der Waals surface area (Å²) in [7, 11) is 0. The molecule has 5 heteroatoms. The van der Waals surface area contributed by atoms with Crippen molar-refractivity contribution in [1.82, 2.24) is 9.78 Å². The summed E-state index contributed by atoms with van der Waals surface area (Å²) >= 11 is 9.22. The zero-order valence-electron chi connectivity index (χ0n) is 7.82. The molecule has 0 radical (unpaired) electrons. The molecular formula is C10H9BrClN3. The summed E-state index contributed by atoms with van der Waals surface area (Å²) in [5.74, 6) is 0.367. The van der Waals surface area contributed by atoms with Gasteiger partial charge in [-0.25, -0.2) is 0 Å². The molecule has 0 saturated carbocycles. The predicted octanol–water partition coefficient (Wildman–Crippen LogP) is 2.93. The molecule has 0 amide bonds. The molecule has 0 aliphatic rings. The van der Waals surface area contributed by atoms with Gasteiger partial charge in [0.2, 0.25) is 0 Å². The lowest BCUT2D eigenvalue weighted by atomic mass is 10.2. The van der Waals surface area contributed by atoms with E-state index in [0.29, 0.717) is 17.4 Å². The molecular weight excluding hydrogens is 277 g/mol. The minimum Gasteiger partial charge on any atom is -0.381 e. The second-order valence-corrected chi connectivity index (χ2v) is 4.51. The first-order chi connectivity index (χ1) is 7.15. The fourth-order valence-electron chi connectivity index (χ4n) is 1.32. The zero-order chi connectivity index (χ0) is 10.8. The topological polar surface area (TPSA) is 43.8 Å². The SMILES string of the molecule is Nc1nn(Cc2cccc(Br)c2)cc1Cl. The molecule has 3 nitrogen and oxygen atoms in total. The van der Waals surface area contributed by atoms with Crippen molar-refractivity contribution in [3.63, 3.8) is 0 Å². The number of nitrogens with zero attached hydrogens (tertiary/aromatic N) is 2. The van der Waals surface area contributed by atoms with E-state index in [4.69, 9.17) is 17.3 Å². The molecule has 2 N–H and O–H groups in total. The number of halogens is 2. The minimum absolute atomic E-state index is 0.367. The zero-order valence-corrected chi connectivity index (χ0v) is 10.2. The van der Waals surface area contributed by atoms with Crippen molar-refractivity contribution in [3.8, 4) is 0 Å². The third-order valence-electron chi connectivity index (χ3n) is 1.98. The molecule has 0 atom stereocenters. The number of anilines is 1. The maximum absolute atomic E-state index is 5.81. The van der Waals surface area contributed by atoms with E-state index >= 15 is 0 Å². The van der Waals surface area contributed by atoms with Crippen LogP contribution in [0.25, 0.3) is 0 Å². The van der Waals surface area contributed by atoms with E-state index in [9.17, 15) is 0 Å². The Morgan fingerprint density at radius 3 is 2.87 bits per heavy atom. The number of nitrogens with two attached hydrogens (primary N) is 1. The van der Waals surface area contributed by atoms with Gasteiger partial charge in [0.15, 0.2) is 5.82 Å². The molecule has 0 unspecified atom stereocenters. The van der Waals surface area contributed by atoms with Gasteiger partial charge in [-0.05, 0) is 17.7 Å². The smallest absolute Gasteiger partial charge is 0.164 e. The normalized spacial score (nSPS) is 10.5. The van der Waals surface area contributed by atoms with Gasteiger partial charge in [-0.15, -0.1) is 0 Å². The molecule has 0 saturated heterocycles. The molecule has 0 aliphatic heterocycles. The van der Waals surface area contributed by atoms with Crippen molar-refractivity contribution >= 4 is 33.3 Å². The second kappa shape index (κ2) is 4.24. The Labute approximate surface area is 101 Å². The Morgan fingerprint density at radius 1 is 1.47 bits per heavy atom. The van der Waals surface area contributed by atoms with Crippen LogP contribution in [0.1, 0.15) is 5.56 Å². The average molecular weight is 287 g/mol. The molecule has 0 bridgehead atoms. The van der Waals surface area contributed by atoms with Crippen LogP contribution in [-0.2, 0) is 6.54 Å². The predicted molar refractivity (Wildman–Crippen MR) is 64.9 cm³/mol. The summed E-state index contributed by atoms with van der Waals surface area (Å²) in [6.07, 6.45) is 1.72.